The van der Waals surface area contributed by atoms with E-state index in [4.69, 9.17) is 9.47 Å². The van der Waals surface area contributed by atoms with Crippen LogP contribution in [0.25, 0.3) is 0 Å². The average Bonchev–Trinajstić information content (AvgIpc) is 2.81. The van der Waals surface area contributed by atoms with Crippen LogP contribution in [-0.2, 0) is 19.1 Å². The fourth-order valence-electron chi connectivity index (χ4n) is 6.28. The van der Waals surface area contributed by atoms with Crippen molar-refractivity contribution >= 4 is 17.8 Å². The fraction of sp³-hybridized carbons (Fsp3) is 0.679. The number of carbonyl (C=O) groups excluding carboxylic acids is 3. The van der Waals surface area contributed by atoms with E-state index in [1.54, 1.807) is 31.2 Å². The molecule has 1 aliphatic carbocycles. The Bertz CT molecular complexity index is 872. The van der Waals surface area contributed by atoms with Gasteiger partial charge in [0.15, 0.2) is 0 Å². The van der Waals surface area contributed by atoms with Crippen LogP contribution in [0.4, 0.5) is 0 Å². The molecule has 1 amide bonds. The molecule has 0 aromatic heterocycles. The first kappa shape index (κ1) is 27.2. The topological polar surface area (TPSA) is 84.9 Å². The Morgan fingerprint density at radius 3 is 2.11 bits per heavy atom. The Morgan fingerprint density at radius 2 is 1.54 bits per heavy atom. The minimum Gasteiger partial charge on any atom is -0.464 e. The van der Waals surface area contributed by atoms with Gasteiger partial charge in [-0.05, 0) is 72.4 Å². The maximum atomic E-state index is 13.3. The van der Waals surface area contributed by atoms with Crippen molar-refractivity contribution in [2.75, 3.05) is 19.8 Å². The molecule has 0 unspecified atom stereocenters. The summed E-state index contributed by atoms with van der Waals surface area (Å²) < 4.78 is 11.2. The van der Waals surface area contributed by atoms with Crippen molar-refractivity contribution in [1.82, 2.24) is 10.2 Å². The van der Waals surface area contributed by atoms with E-state index in [1.165, 1.54) is 6.42 Å². The molecule has 1 saturated heterocycles. The first-order valence-corrected chi connectivity index (χ1v) is 13.0. The van der Waals surface area contributed by atoms with Gasteiger partial charge in [-0.2, -0.15) is 0 Å². The molecule has 0 bridgehead atoms. The molecule has 1 N–H and O–H groups in total. The standard InChI is InChI=1S/C28H42N2O5/c1-6-34-25(33)28(29-23(31)21-13-9-7-10-14-21)19-26(2,3)30(27(4,5)20-28)17-18-35-24(32)22-15-11-8-12-16-22/h7,9-10,13-14,22H,6,8,11-12,15-20H2,1-5H3,(H,29,31). The van der Waals surface area contributed by atoms with Crippen molar-refractivity contribution in [3.05, 3.63) is 35.9 Å². The number of hydrogen-bond donors (Lipinski definition) is 1. The molecule has 35 heavy (non-hydrogen) atoms. The van der Waals surface area contributed by atoms with Gasteiger partial charge in [0, 0.05) is 23.2 Å². The van der Waals surface area contributed by atoms with Crippen LogP contribution in [-0.4, -0.2) is 59.1 Å². The number of rotatable bonds is 8. The second-order valence-electron chi connectivity index (χ2n) is 11.3. The molecule has 0 spiro atoms. The average molecular weight is 487 g/mol. The highest BCUT2D eigenvalue weighted by Crippen LogP contribution is 2.44. The lowest BCUT2D eigenvalue weighted by atomic mass is 9.68. The van der Waals surface area contributed by atoms with Crippen LogP contribution in [0.5, 0.6) is 0 Å². The Morgan fingerprint density at radius 1 is 0.943 bits per heavy atom. The van der Waals surface area contributed by atoms with Gasteiger partial charge in [-0.3, -0.25) is 14.5 Å². The Labute approximate surface area is 209 Å². The van der Waals surface area contributed by atoms with Gasteiger partial charge in [-0.1, -0.05) is 37.5 Å². The second kappa shape index (κ2) is 11.1. The summed E-state index contributed by atoms with van der Waals surface area (Å²) in [5, 5.41) is 3.06. The van der Waals surface area contributed by atoms with Gasteiger partial charge in [-0.25, -0.2) is 4.79 Å². The number of hydrogen-bond acceptors (Lipinski definition) is 6. The summed E-state index contributed by atoms with van der Waals surface area (Å²) in [5.41, 5.74) is -1.58. The molecule has 2 fully saturated rings. The predicted octanol–water partition coefficient (Wildman–Crippen LogP) is 4.49. The zero-order valence-electron chi connectivity index (χ0n) is 22.0. The van der Waals surface area contributed by atoms with E-state index in [0.717, 1.165) is 25.7 Å². The lowest BCUT2D eigenvalue weighted by Gasteiger charge is -2.58. The molecule has 7 heteroatoms. The van der Waals surface area contributed by atoms with E-state index in [9.17, 15) is 14.4 Å². The van der Waals surface area contributed by atoms with Gasteiger partial charge < -0.3 is 14.8 Å². The number of nitrogens with zero attached hydrogens (tertiary/aromatic N) is 1. The smallest absolute Gasteiger partial charge is 0.331 e. The van der Waals surface area contributed by atoms with Crippen molar-refractivity contribution < 1.29 is 23.9 Å². The number of likely N-dealkylation sites (tertiary alicyclic amines) is 1. The molecule has 0 radical (unpaired) electrons. The molecule has 194 valence electrons. The third kappa shape index (κ3) is 6.43. The van der Waals surface area contributed by atoms with Crippen molar-refractivity contribution in [3.63, 3.8) is 0 Å². The quantitative estimate of drug-likeness (QED) is 0.545. The normalized spacial score (nSPS) is 21.6. The van der Waals surface area contributed by atoms with Crippen LogP contribution < -0.4 is 5.32 Å². The third-order valence-electron chi connectivity index (χ3n) is 7.48. The van der Waals surface area contributed by atoms with Crippen molar-refractivity contribution in [3.8, 4) is 0 Å². The lowest BCUT2D eigenvalue weighted by Crippen LogP contribution is -2.72. The molecule has 2 aliphatic rings. The highest BCUT2D eigenvalue weighted by atomic mass is 16.5. The van der Waals surface area contributed by atoms with Crippen LogP contribution in [0, 0.1) is 5.92 Å². The molecule has 7 nitrogen and oxygen atoms in total. The third-order valence-corrected chi connectivity index (χ3v) is 7.48. The van der Waals surface area contributed by atoms with E-state index in [-0.39, 0.29) is 24.4 Å². The van der Waals surface area contributed by atoms with Crippen LogP contribution in [0.3, 0.4) is 0 Å². The van der Waals surface area contributed by atoms with Gasteiger partial charge in [-0.15, -0.1) is 0 Å². The second-order valence-corrected chi connectivity index (χ2v) is 11.3. The van der Waals surface area contributed by atoms with Crippen LogP contribution in [0.2, 0.25) is 0 Å². The van der Waals surface area contributed by atoms with Gasteiger partial charge in [0.25, 0.3) is 5.91 Å². The number of carbonyl (C=O) groups is 3. The number of amides is 1. The first-order chi connectivity index (χ1) is 16.5. The van der Waals surface area contributed by atoms with Crippen molar-refractivity contribution in [1.29, 1.82) is 0 Å². The summed E-state index contributed by atoms with van der Waals surface area (Å²) in [7, 11) is 0. The number of esters is 2. The Kier molecular flexibility index (Phi) is 8.63. The maximum absolute atomic E-state index is 13.3. The lowest BCUT2D eigenvalue weighted by molar-refractivity contribution is -0.163. The SMILES string of the molecule is CCOC(=O)C1(NC(=O)c2ccccc2)CC(C)(C)N(CCOC(=O)C2CCCCC2)C(C)(C)C1. The molecular weight excluding hydrogens is 444 g/mol. The number of ether oxygens (including phenoxy) is 2. The Balaban J connectivity index is 1.75. The highest BCUT2D eigenvalue weighted by molar-refractivity contribution is 5.98. The molecule has 0 atom stereocenters. The maximum Gasteiger partial charge on any atom is 0.331 e. The predicted molar refractivity (Wildman–Crippen MR) is 135 cm³/mol. The summed E-state index contributed by atoms with van der Waals surface area (Å²) in [6.45, 7) is 11.2. The van der Waals surface area contributed by atoms with E-state index < -0.39 is 22.6 Å². The van der Waals surface area contributed by atoms with Crippen molar-refractivity contribution in [2.45, 2.75) is 96.2 Å². The van der Waals surface area contributed by atoms with Gasteiger partial charge in [0.05, 0.1) is 12.5 Å². The fourth-order valence-corrected chi connectivity index (χ4v) is 6.28. The molecule has 1 aliphatic heterocycles. The number of piperidine rings is 1. The molecule has 3 rings (SSSR count). The zero-order chi connectivity index (χ0) is 25.7. The monoisotopic (exact) mass is 486 g/mol. The van der Waals surface area contributed by atoms with Gasteiger partial charge in [0.1, 0.15) is 12.1 Å². The summed E-state index contributed by atoms with van der Waals surface area (Å²) in [6, 6.07) is 8.93. The molecule has 1 aromatic carbocycles. The minimum atomic E-state index is -1.16. The summed E-state index contributed by atoms with van der Waals surface area (Å²) in [5.74, 6) is -0.766. The van der Waals surface area contributed by atoms with Crippen LogP contribution >= 0.6 is 0 Å². The minimum absolute atomic E-state index is 0.0239. The first-order valence-electron chi connectivity index (χ1n) is 13.0. The van der Waals surface area contributed by atoms with Gasteiger partial charge in [0.2, 0.25) is 0 Å². The molecule has 1 heterocycles. The molecule has 1 aromatic rings. The number of nitrogens with one attached hydrogen (secondary N) is 1. The van der Waals surface area contributed by atoms with Gasteiger partial charge >= 0.3 is 11.9 Å². The highest BCUT2D eigenvalue weighted by Gasteiger charge is 2.57. The van der Waals surface area contributed by atoms with Crippen molar-refractivity contribution in [2.24, 2.45) is 5.92 Å². The van der Waals surface area contributed by atoms with E-state index >= 15 is 0 Å². The Hall–Kier alpha value is -2.41. The van der Waals surface area contributed by atoms with E-state index in [1.807, 2.05) is 6.07 Å². The van der Waals surface area contributed by atoms with E-state index in [2.05, 4.69) is 37.9 Å². The molecule has 1 saturated carbocycles. The van der Waals surface area contributed by atoms with E-state index in [0.29, 0.717) is 31.6 Å². The summed E-state index contributed by atoms with van der Waals surface area (Å²) in [4.78, 5) is 41.3. The zero-order valence-corrected chi connectivity index (χ0v) is 22.0. The van der Waals surface area contributed by atoms with Crippen LogP contribution in [0.1, 0.15) is 89.9 Å². The number of benzene rings is 1. The summed E-state index contributed by atoms with van der Waals surface area (Å²) >= 11 is 0. The molecular formula is C28H42N2O5. The summed E-state index contributed by atoms with van der Waals surface area (Å²) in [6.07, 6.45) is 6.00. The van der Waals surface area contributed by atoms with Crippen LogP contribution in [0.15, 0.2) is 30.3 Å². The largest absolute Gasteiger partial charge is 0.464 e.